The molecule has 0 amide bonds. The SMILES string of the molecule is CC1=C(C#N)C(c2ccc3c(c2)c(NCCO[Si](C)(C)C(C)(C)C)nn3C(=O)O)C(C#N)=C(C)N1. The van der Waals surface area contributed by atoms with E-state index < -0.39 is 20.3 Å². The molecule has 35 heavy (non-hydrogen) atoms. The number of dihydropyridines is 1. The fourth-order valence-electron chi connectivity index (χ4n) is 3.91. The molecule has 0 atom stereocenters. The van der Waals surface area contributed by atoms with E-state index >= 15 is 0 Å². The van der Waals surface area contributed by atoms with Crippen LogP contribution in [0.4, 0.5) is 10.6 Å². The smallest absolute Gasteiger partial charge is 0.432 e. The Bertz CT molecular complexity index is 1280. The number of carboxylic acid groups (broad SMARTS) is 1. The molecule has 0 bridgehead atoms. The first-order valence-corrected chi connectivity index (χ1v) is 14.4. The molecule has 0 saturated carbocycles. The number of carbonyl (C=O) groups is 1. The average Bonchev–Trinajstić information content (AvgIpc) is 3.13. The number of nitriles is 2. The molecule has 10 heteroatoms. The maximum absolute atomic E-state index is 11.8. The lowest BCUT2D eigenvalue weighted by atomic mass is 9.81. The van der Waals surface area contributed by atoms with Gasteiger partial charge in [-0.1, -0.05) is 26.8 Å². The van der Waals surface area contributed by atoms with E-state index in [9.17, 15) is 20.4 Å². The number of hydrogen-bond acceptors (Lipinski definition) is 7. The van der Waals surface area contributed by atoms with E-state index in [0.29, 0.717) is 52.4 Å². The molecule has 2 heterocycles. The Morgan fingerprint density at radius 2 is 1.83 bits per heavy atom. The Hall–Kier alpha value is -3.60. The summed E-state index contributed by atoms with van der Waals surface area (Å²) in [7, 11) is -1.92. The predicted molar refractivity (Wildman–Crippen MR) is 137 cm³/mol. The third-order valence-corrected chi connectivity index (χ3v) is 11.4. The first kappa shape index (κ1) is 26.0. The Morgan fingerprint density at radius 1 is 1.23 bits per heavy atom. The van der Waals surface area contributed by atoms with E-state index in [1.807, 2.05) is 6.07 Å². The summed E-state index contributed by atoms with van der Waals surface area (Å²) in [5, 5.41) is 40.5. The molecule has 0 unspecified atom stereocenters. The highest BCUT2D eigenvalue weighted by Gasteiger charge is 2.37. The zero-order chi connectivity index (χ0) is 26.1. The molecule has 3 rings (SSSR count). The van der Waals surface area contributed by atoms with Gasteiger partial charge in [0.2, 0.25) is 0 Å². The van der Waals surface area contributed by atoms with Crippen molar-refractivity contribution in [2.45, 2.75) is 58.7 Å². The second-order valence-corrected chi connectivity index (χ2v) is 15.0. The number of nitrogens with one attached hydrogen (secondary N) is 2. The van der Waals surface area contributed by atoms with E-state index in [1.165, 1.54) is 0 Å². The van der Waals surface area contributed by atoms with E-state index in [1.54, 1.807) is 26.0 Å². The first-order valence-electron chi connectivity index (χ1n) is 11.4. The van der Waals surface area contributed by atoms with Gasteiger partial charge in [-0.2, -0.15) is 15.2 Å². The molecule has 1 aliphatic heterocycles. The van der Waals surface area contributed by atoms with Crippen LogP contribution in [0.25, 0.3) is 10.9 Å². The van der Waals surface area contributed by atoms with Crippen LogP contribution in [0.3, 0.4) is 0 Å². The van der Waals surface area contributed by atoms with Gasteiger partial charge < -0.3 is 20.2 Å². The topological polar surface area (TPSA) is 136 Å². The average molecular weight is 493 g/mol. The number of hydrogen-bond donors (Lipinski definition) is 3. The molecule has 0 aliphatic carbocycles. The van der Waals surface area contributed by atoms with Crippen LogP contribution in [-0.2, 0) is 4.43 Å². The molecule has 3 N–H and O–H groups in total. The number of benzene rings is 1. The van der Waals surface area contributed by atoms with Crippen molar-refractivity contribution in [1.82, 2.24) is 15.1 Å². The van der Waals surface area contributed by atoms with E-state index in [2.05, 4.69) is 61.7 Å². The van der Waals surface area contributed by atoms with E-state index in [-0.39, 0.29) is 5.04 Å². The third-order valence-electron chi connectivity index (χ3n) is 6.88. The lowest BCUT2D eigenvalue weighted by Gasteiger charge is -2.36. The first-order chi connectivity index (χ1) is 16.3. The number of allylic oxidation sites excluding steroid dienone is 4. The van der Waals surface area contributed by atoms with Crippen molar-refractivity contribution in [2.24, 2.45) is 0 Å². The fraction of sp³-hybridized carbons (Fsp3) is 0.440. The molecule has 0 spiro atoms. The minimum Gasteiger partial charge on any atom is -0.463 e. The third kappa shape index (κ3) is 4.95. The van der Waals surface area contributed by atoms with Crippen LogP contribution in [0.1, 0.15) is 46.1 Å². The highest BCUT2D eigenvalue weighted by Crippen LogP contribution is 2.39. The van der Waals surface area contributed by atoms with Gasteiger partial charge in [-0.25, -0.2) is 4.79 Å². The van der Waals surface area contributed by atoms with Crippen LogP contribution in [0.15, 0.2) is 40.7 Å². The molecule has 1 aliphatic rings. The number of rotatable bonds is 6. The summed E-state index contributed by atoms with van der Waals surface area (Å²) >= 11 is 0. The van der Waals surface area contributed by atoms with Gasteiger partial charge in [-0.3, -0.25) is 0 Å². The lowest BCUT2D eigenvalue weighted by Crippen LogP contribution is -2.41. The molecule has 184 valence electrons. The van der Waals surface area contributed by atoms with Crippen LogP contribution in [0.2, 0.25) is 18.1 Å². The standard InChI is InChI=1S/C25H32N6O3Si/c1-15-19(13-26)22(20(14-27)16(2)29-15)17-8-9-21-18(12-17)23(30-31(21)24(32)33)28-10-11-34-35(6,7)25(3,4)5/h8-9,12,22,29H,10-11H2,1-7H3,(H,28,30)(H,32,33). The summed E-state index contributed by atoms with van der Waals surface area (Å²) in [5.74, 6) is -0.131. The maximum Gasteiger partial charge on any atom is 0.432 e. The summed E-state index contributed by atoms with van der Waals surface area (Å²) < 4.78 is 7.14. The monoisotopic (exact) mass is 492 g/mol. The van der Waals surface area contributed by atoms with Crippen LogP contribution < -0.4 is 10.6 Å². The second-order valence-electron chi connectivity index (χ2n) is 10.2. The molecule has 1 aromatic heterocycles. The van der Waals surface area contributed by atoms with Crippen molar-refractivity contribution < 1.29 is 14.3 Å². The summed E-state index contributed by atoms with van der Waals surface area (Å²) in [6.45, 7) is 15.4. The molecule has 0 saturated heterocycles. The number of nitrogens with zero attached hydrogens (tertiary/aromatic N) is 4. The van der Waals surface area contributed by atoms with Crippen molar-refractivity contribution in [3.63, 3.8) is 0 Å². The molecular formula is C25H32N6O3Si. The summed E-state index contributed by atoms with van der Waals surface area (Å²) in [6, 6.07) is 9.68. The van der Waals surface area contributed by atoms with Crippen molar-refractivity contribution in [3.05, 3.63) is 46.3 Å². The lowest BCUT2D eigenvalue weighted by molar-refractivity contribution is 0.194. The van der Waals surface area contributed by atoms with E-state index in [0.717, 1.165) is 10.2 Å². The van der Waals surface area contributed by atoms with Gasteiger partial charge in [0.1, 0.15) is 0 Å². The van der Waals surface area contributed by atoms with Gasteiger partial charge in [0, 0.05) is 23.3 Å². The Kier molecular flexibility index (Phi) is 7.11. The molecule has 0 radical (unpaired) electrons. The molecule has 9 nitrogen and oxygen atoms in total. The predicted octanol–water partition coefficient (Wildman–Crippen LogP) is 5.28. The zero-order valence-corrected chi connectivity index (χ0v) is 22.3. The summed E-state index contributed by atoms with van der Waals surface area (Å²) in [5.41, 5.74) is 3.43. The van der Waals surface area contributed by atoms with Crippen LogP contribution in [0, 0.1) is 22.7 Å². The number of aromatic nitrogens is 2. The summed E-state index contributed by atoms with van der Waals surface area (Å²) in [4.78, 5) is 11.8. The van der Waals surface area contributed by atoms with Crippen molar-refractivity contribution in [1.29, 1.82) is 10.5 Å². The molecule has 1 aromatic carbocycles. The fourth-order valence-corrected chi connectivity index (χ4v) is 4.95. The van der Waals surface area contributed by atoms with Crippen LogP contribution >= 0.6 is 0 Å². The molecule has 0 fully saturated rings. The van der Waals surface area contributed by atoms with Crippen molar-refractivity contribution in [3.8, 4) is 12.1 Å². The van der Waals surface area contributed by atoms with Crippen molar-refractivity contribution in [2.75, 3.05) is 18.5 Å². The highest BCUT2D eigenvalue weighted by molar-refractivity contribution is 6.74. The second kappa shape index (κ2) is 9.57. The minimum absolute atomic E-state index is 0.0858. The maximum atomic E-state index is 11.8. The van der Waals surface area contributed by atoms with Crippen LogP contribution in [0.5, 0.6) is 0 Å². The Balaban J connectivity index is 1.99. The van der Waals surface area contributed by atoms with Crippen molar-refractivity contribution >= 4 is 31.1 Å². The summed E-state index contributed by atoms with van der Waals surface area (Å²) in [6.07, 6.45) is -1.20. The Morgan fingerprint density at radius 3 is 2.34 bits per heavy atom. The number of fused-ring (bicyclic) bond motifs is 1. The minimum atomic E-state index is -1.92. The Labute approximate surface area is 206 Å². The van der Waals surface area contributed by atoms with Gasteiger partial charge in [0.25, 0.3) is 0 Å². The van der Waals surface area contributed by atoms with E-state index in [4.69, 9.17) is 4.43 Å². The molecular weight excluding hydrogens is 460 g/mol. The van der Waals surface area contributed by atoms with Gasteiger partial charge in [0.05, 0.1) is 41.3 Å². The van der Waals surface area contributed by atoms with Gasteiger partial charge >= 0.3 is 6.09 Å². The largest absolute Gasteiger partial charge is 0.463 e. The van der Waals surface area contributed by atoms with Crippen LogP contribution in [-0.4, -0.2) is 42.4 Å². The van der Waals surface area contributed by atoms with Gasteiger partial charge in [-0.05, 0) is 49.7 Å². The van der Waals surface area contributed by atoms with Gasteiger partial charge in [-0.15, -0.1) is 5.10 Å². The van der Waals surface area contributed by atoms with Gasteiger partial charge in [0.15, 0.2) is 14.1 Å². The highest BCUT2D eigenvalue weighted by atomic mass is 28.4. The quantitative estimate of drug-likeness (QED) is 0.366. The number of anilines is 1. The normalized spacial score (nSPS) is 15.1. The molecule has 2 aromatic rings. The zero-order valence-electron chi connectivity index (χ0n) is 21.3.